The Labute approximate surface area is 418 Å². The van der Waals surface area contributed by atoms with E-state index in [1.165, 1.54) is 87.1 Å². The first-order chi connectivity index (χ1) is 35.7. The number of anilines is 3. The van der Waals surface area contributed by atoms with E-state index >= 15 is 0 Å². The number of fused-ring (bicyclic) bond motifs is 8. The number of rotatable bonds is 8. The van der Waals surface area contributed by atoms with Crippen LogP contribution in [0.1, 0.15) is 0 Å². The molecule has 0 saturated carbocycles. The fourth-order valence-corrected chi connectivity index (χ4v) is 11.4. The molecule has 0 radical (unpaired) electrons. The standard InChI is InChI=1S/C70H46N2/c1-2-20-49(21-3-1)59-40-38-55(46-69(59)72-66-33-17-14-30-63(66)70-60-27-9-8-22-50(60)39-42-68(70)72)58-26-13-16-32-65(58)71(64-31-15-12-25-57(64)54-37-35-48-19-5-7-24-52(48)45-54)67-43-41-56(61-28-10-11-29-62(61)67)53-36-34-47-18-4-6-23-51(47)44-53/h1-46H. The summed E-state index contributed by atoms with van der Waals surface area (Å²) >= 11 is 0. The maximum atomic E-state index is 2.52. The van der Waals surface area contributed by atoms with E-state index in [1.54, 1.807) is 0 Å². The summed E-state index contributed by atoms with van der Waals surface area (Å²) in [6.45, 7) is 0. The van der Waals surface area contributed by atoms with E-state index in [0.29, 0.717) is 0 Å². The maximum absolute atomic E-state index is 2.52. The molecule has 2 nitrogen and oxygen atoms in total. The number of para-hydroxylation sites is 3. The van der Waals surface area contributed by atoms with Gasteiger partial charge in [0, 0.05) is 32.8 Å². The number of benzene rings is 13. The van der Waals surface area contributed by atoms with Crippen molar-refractivity contribution in [2.24, 2.45) is 0 Å². The second-order valence-corrected chi connectivity index (χ2v) is 18.8. The van der Waals surface area contributed by atoms with Crippen LogP contribution >= 0.6 is 0 Å². The van der Waals surface area contributed by atoms with Gasteiger partial charge in [0.25, 0.3) is 0 Å². The average Bonchev–Trinajstić information content (AvgIpc) is 3.80. The SMILES string of the molecule is c1ccc(-c2ccc(-c3ccccc3N(c3ccccc3-c3ccc4ccccc4c3)c3ccc(-c4ccc5ccccc5c4)c4ccccc34)cc2-n2c3ccccc3c3c4ccccc4ccc32)cc1. The molecule has 0 aliphatic heterocycles. The molecule has 2 heteroatoms. The third-order valence-corrected chi connectivity index (χ3v) is 14.7. The summed E-state index contributed by atoms with van der Waals surface area (Å²) in [6, 6.07) is 103. The largest absolute Gasteiger partial charge is 0.309 e. The second kappa shape index (κ2) is 17.2. The number of hydrogen-bond acceptors (Lipinski definition) is 1. The molecule has 0 fully saturated rings. The van der Waals surface area contributed by atoms with Gasteiger partial charge in [-0.15, -0.1) is 0 Å². The van der Waals surface area contributed by atoms with Crippen LogP contribution in [0, 0.1) is 0 Å². The minimum atomic E-state index is 1.08. The first kappa shape index (κ1) is 41.5. The summed E-state index contributed by atoms with van der Waals surface area (Å²) in [7, 11) is 0. The Morgan fingerprint density at radius 3 is 1.42 bits per heavy atom. The van der Waals surface area contributed by atoms with Crippen LogP contribution < -0.4 is 4.90 Å². The molecule has 0 aliphatic carbocycles. The van der Waals surface area contributed by atoms with E-state index in [4.69, 9.17) is 0 Å². The van der Waals surface area contributed by atoms with Crippen molar-refractivity contribution >= 4 is 82.0 Å². The lowest BCUT2D eigenvalue weighted by molar-refractivity contribution is 1.18. The molecule has 0 saturated heterocycles. The Balaban J connectivity index is 1.03. The van der Waals surface area contributed by atoms with Crippen molar-refractivity contribution in [3.63, 3.8) is 0 Å². The van der Waals surface area contributed by atoms with Crippen molar-refractivity contribution < 1.29 is 0 Å². The summed E-state index contributed by atoms with van der Waals surface area (Å²) in [4.78, 5) is 2.52. The minimum Gasteiger partial charge on any atom is -0.309 e. The number of aromatic nitrogens is 1. The topological polar surface area (TPSA) is 8.17 Å². The Hall–Kier alpha value is -9.50. The predicted octanol–water partition coefficient (Wildman–Crippen LogP) is 19.5. The zero-order valence-electron chi connectivity index (χ0n) is 39.5. The average molecular weight is 915 g/mol. The first-order valence-electron chi connectivity index (χ1n) is 24.8. The summed E-state index contributed by atoms with van der Waals surface area (Å²) in [5.41, 5.74) is 16.1. The molecule has 14 aromatic rings. The molecule has 336 valence electrons. The maximum Gasteiger partial charge on any atom is 0.0547 e. The zero-order chi connectivity index (χ0) is 47.5. The van der Waals surface area contributed by atoms with Crippen LogP contribution in [-0.4, -0.2) is 4.57 Å². The van der Waals surface area contributed by atoms with Crippen LogP contribution in [0.5, 0.6) is 0 Å². The van der Waals surface area contributed by atoms with Gasteiger partial charge in [0.2, 0.25) is 0 Å². The molecule has 1 heterocycles. The van der Waals surface area contributed by atoms with Gasteiger partial charge in [-0.3, -0.25) is 0 Å². The fourth-order valence-electron chi connectivity index (χ4n) is 11.4. The van der Waals surface area contributed by atoms with E-state index in [2.05, 4.69) is 289 Å². The molecular formula is C70H46N2. The molecule has 1 aromatic heterocycles. The van der Waals surface area contributed by atoms with E-state index in [-0.39, 0.29) is 0 Å². The smallest absolute Gasteiger partial charge is 0.0547 e. The highest BCUT2D eigenvalue weighted by atomic mass is 15.1. The third kappa shape index (κ3) is 6.88. The van der Waals surface area contributed by atoms with Crippen LogP contribution in [0.2, 0.25) is 0 Å². The van der Waals surface area contributed by atoms with Gasteiger partial charge in [-0.1, -0.05) is 231 Å². The van der Waals surface area contributed by atoms with E-state index in [0.717, 1.165) is 45.0 Å². The number of hydrogen-bond donors (Lipinski definition) is 0. The van der Waals surface area contributed by atoms with Crippen molar-refractivity contribution in [3.8, 4) is 50.2 Å². The van der Waals surface area contributed by atoms with E-state index < -0.39 is 0 Å². The van der Waals surface area contributed by atoms with Crippen molar-refractivity contribution in [1.82, 2.24) is 4.57 Å². The molecular weight excluding hydrogens is 869 g/mol. The van der Waals surface area contributed by atoms with Gasteiger partial charge in [-0.25, -0.2) is 0 Å². The van der Waals surface area contributed by atoms with Gasteiger partial charge >= 0.3 is 0 Å². The van der Waals surface area contributed by atoms with Crippen molar-refractivity contribution in [3.05, 3.63) is 279 Å². The Kier molecular flexibility index (Phi) is 9.89. The summed E-state index contributed by atoms with van der Waals surface area (Å²) < 4.78 is 2.50. The van der Waals surface area contributed by atoms with Gasteiger partial charge in [0.15, 0.2) is 0 Å². The lowest BCUT2D eigenvalue weighted by Crippen LogP contribution is -2.13. The monoisotopic (exact) mass is 914 g/mol. The van der Waals surface area contributed by atoms with Crippen LogP contribution in [-0.2, 0) is 0 Å². The van der Waals surface area contributed by atoms with Crippen LogP contribution in [0.4, 0.5) is 17.1 Å². The van der Waals surface area contributed by atoms with E-state index in [9.17, 15) is 0 Å². The van der Waals surface area contributed by atoms with Gasteiger partial charge in [0.05, 0.1) is 33.8 Å². The molecule has 0 spiro atoms. The van der Waals surface area contributed by atoms with Crippen LogP contribution in [0.3, 0.4) is 0 Å². The van der Waals surface area contributed by atoms with Gasteiger partial charge in [0.1, 0.15) is 0 Å². The Bertz CT molecular complexity index is 4410. The van der Waals surface area contributed by atoms with Crippen molar-refractivity contribution in [2.75, 3.05) is 4.90 Å². The predicted molar refractivity (Wildman–Crippen MR) is 307 cm³/mol. The normalized spacial score (nSPS) is 11.6. The Morgan fingerprint density at radius 1 is 0.236 bits per heavy atom. The third-order valence-electron chi connectivity index (χ3n) is 14.7. The first-order valence-corrected chi connectivity index (χ1v) is 24.8. The Morgan fingerprint density at radius 2 is 0.722 bits per heavy atom. The molecule has 0 atom stereocenters. The van der Waals surface area contributed by atoms with Crippen molar-refractivity contribution in [1.29, 1.82) is 0 Å². The van der Waals surface area contributed by atoms with Gasteiger partial charge in [-0.05, 0) is 114 Å². The zero-order valence-corrected chi connectivity index (χ0v) is 39.5. The summed E-state index contributed by atoms with van der Waals surface area (Å²) in [5, 5.41) is 12.3. The fraction of sp³-hybridized carbons (Fsp3) is 0. The molecule has 0 N–H and O–H groups in total. The van der Waals surface area contributed by atoms with Gasteiger partial charge in [-0.2, -0.15) is 0 Å². The molecule has 0 bridgehead atoms. The number of nitrogens with zero attached hydrogens (tertiary/aromatic N) is 2. The van der Waals surface area contributed by atoms with Crippen molar-refractivity contribution in [2.45, 2.75) is 0 Å². The molecule has 0 unspecified atom stereocenters. The summed E-state index contributed by atoms with van der Waals surface area (Å²) in [6.07, 6.45) is 0. The quantitative estimate of drug-likeness (QED) is 0.147. The minimum absolute atomic E-state index is 1.08. The molecule has 13 aromatic carbocycles. The molecule has 14 rings (SSSR count). The highest BCUT2D eigenvalue weighted by Crippen LogP contribution is 2.49. The molecule has 0 amide bonds. The highest BCUT2D eigenvalue weighted by molar-refractivity contribution is 6.21. The highest BCUT2D eigenvalue weighted by Gasteiger charge is 2.25. The molecule has 72 heavy (non-hydrogen) atoms. The van der Waals surface area contributed by atoms with Crippen LogP contribution in [0.15, 0.2) is 279 Å². The van der Waals surface area contributed by atoms with Crippen LogP contribution in [0.25, 0.3) is 115 Å². The van der Waals surface area contributed by atoms with Gasteiger partial charge < -0.3 is 9.47 Å². The molecule has 0 aliphatic rings. The van der Waals surface area contributed by atoms with E-state index in [1.807, 2.05) is 0 Å². The summed E-state index contributed by atoms with van der Waals surface area (Å²) in [5.74, 6) is 0. The lowest BCUT2D eigenvalue weighted by atomic mass is 9.93. The lowest BCUT2D eigenvalue weighted by Gasteiger charge is -2.31. The second-order valence-electron chi connectivity index (χ2n) is 18.8.